The summed E-state index contributed by atoms with van der Waals surface area (Å²) in [6.07, 6.45) is 0. The number of carbonyl (C=O) groups excluding carboxylic acids is 2. The molecule has 2 aromatic carbocycles. The summed E-state index contributed by atoms with van der Waals surface area (Å²) < 4.78 is 6.28. The van der Waals surface area contributed by atoms with Crippen LogP contribution in [0.2, 0.25) is 0 Å². The number of anilines is 1. The fourth-order valence-electron chi connectivity index (χ4n) is 2.59. The number of rotatable bonds is 6. The molecule has 1 aromatic heterocycles. The molecule has 2 amide bonds. The van der Waals surface area contributed by atoms with Gasteiger partial charge in [0.2, 0.25) is 5.91 Å². The number of likely N-dealkylation sites (N-methyl/N-ethyl adjacent to an activating group) is 1. The van der Waals surface area contributed by atoms with Gasteiger partial charge in [-0.2, -0.15) is 0 Å². The molecule has 0 fully saturated rings. The van der Waals surface area contributed by atoms with Crippen molar-refractivity contribution in [2.75, 3.05) is 19.0 Å². The van der Waals surface area contributed by atoms with E-state index in [1.807, 2.05) is 0 Å². The van der Waals surface area contributed by atoms with Crippen LogP contribution in [0.1, 0.15) is 0 Å². The van der Waals surface area contributed by atoms with Crippen LogP contribution < -0.4 is 26.5 Å². The maximum absolute atomic E-state index is 12.5. The molecular formula is C19H18N4O5. The first kappa shape index (κ1) is 18.9. The molecule has 9 heteroatoms. The maximum atomic E-state index is 12.5. The molecule has 0 saturated carbocycles. The highest BCUT2D eigenvalue weighted by Gasteiger charge is 2.11. The molecule has 3 aromatic rings. The average molecular weight is 382 g/mol. The Morgan fingerprint density at radius 1 is 1.04 bits per heavy atom. The molecule has 3 N–H and O–H groups in total. The summed E-state index contributed by atoms with van der Waals surface area (Å²) in [7, 11) is 1.50. The van der Waals surface area contributed by atoms with E-state index < -0.39 is 17.0 Å². The number of aromatic amines is 1. The topological polar surface area (TPSA) is 122 Å². The molecule has 0 aliphatic heterocycles. The van der Waals surface area contributed by atoms with Crippen molar-refractivity contribution < 1.29 is 14.3 Å². The SMILES string of the molecule is CNC(=O)COc1cccc(NC(=O)Cn2[nH]c(=O)c3ccccc3c2=O)c1. The molecule has 0 spiro atoms. The van der Waals surface area contributed by atoms with Gasteiger partial charge >= 0.3 is 0 Å². The molecule has 0 radical (unpaired) electrons. The van der Waals surface area contributed by atoms with Crippen molar-refractivity contribution in [3.63, 3.8) is 0 Å². The van der Waals surface area contributed by atoms with Gasteiger partial charge in [0.05, 0.1) is 10.8 Å². The molecule has 0 aliphatic rings. The zero-order chi connectivity index (χ0) is 20.1. The summed E-state index contributed by atoms with van der Waals surface area (Å²) in [5.74, 6) is -0.386. The Morgan fingerprint density at radius 2 is 1.79 bits per heavy atom. The van der Waals surface area contributed by atoms with Crippen LogP contribution in [0.3, 0.4) is 0 Å². The summed E-state index contributed by atoms with van der Waals surface area (Å²) in [6, 6.07) is 12.9. The van der Waals surface area contributed by atoms with Gasteiger partial charge in [-0.1, -0.05) is 18.2 Å². The van der Waals surface area contributed by atoms with Gasteiger partial charge in [0.1, 0.15) is 12.3 Å². The van der Waals surface area contributed by atoms with Gasteiger partial charge in [-0.3, -0.25) is 24.3 Å². The van der Waals surface area contributed by atoms with E-state index in [-0.39, 0.29) is 29.8 Å². The van der Waals surface area contributed by atoms with Crippen LogP contribution in [0, 0.1) is 0 Å². The molecule has 28 heavy (non-hydrogen) atoms. The van der Waals surface area contributed by atoms with Crippen LogP contribution in [0.25, 0.3) is 10.8 Å². The lowest BCUT2D eigenvalue weighted by atomic mass is 10.2. The van der Waals surface area contributed by atoms with Gasteiger partial charge in [0.15, 0.2) is 6.61 Å². The number of benzene rings is 2. The summed E-state index contributed by atoms with van der Waals surface area (Å²) in [5.41, 5.74) is -0.490. The number of amides is 2. The lowest BCUT2D eigenvalue weighted by Gasteiger charge is -2.10. The average Bonchev–Trinajstić information content (AvgIpc) is 2.70. The van der Waals surface area contributed by atoms with Gasteiger partial charge in [-0.15, -0.1) is 0 Å². The summed E-state index contributed by atoms with van der Waals surface area (Å²) in [4.78, 5) is 48.1. The molecule has 0 bridgehead atoms. The van der Waals surface area contributed by atoms with Gasteiger partial charge in [0, 0.05) is 18.8 Å². The molecule has 1 heterocycles. The van der Waals surface area contributed by atoms with Gasteiger partial charge in [0.25, 0.3) is 17.0 Å². The van der Waals surface area contributed by atoms with E-state index in [4.69, 9.17) is 4.74 Å². The van der Waals surface area contributed by atoms with Gasteiger partial charge in [-0.25, -0.2) is 4.68 Å². The Balaban J connectivity index is 1.74. The Bertz CT molecular complexity index is 1150. The molecule has 0 saturated heterocycles. The van der Waals surface area contributed by atoms with Crippen LogP contribution in [0.5, 0.6) is 5.75 Å². The fourth-order valence-corrected chi connectivity index (χ4v) is 2.59. The normalized spacial score (nSPS) is 10.5. The molecule has 144 valence electrons. The number of nitrogens with zero attached hydrogens (tertiary/aromatic N) is 1. The summed E-state index contributed by atoms with van der Waals surface area (Å²) in [5, 5.41) is 7.98. The number of nitrogens with one attached hydrogen (secondary N) is 3. The fraction of sp³-hybridized carbons (Fsp3) is 0.158. The minimum Gasteiger partial charge on any atom is -0.484 e. The van der Waals surface area contributed by atoms with E-state index >= 15 is 0 Å². The maximum Gasteiger partial charge on any atom is 0.273 e. The first-order valence-electron chi connectivity index (χ1n) is 8.43. The lowest BCUT2D eigenvalue weighted by molar-refractivity contribution is -0.122. The zero-order valence-corrected chi connectivity index (χ0v) is 15.0. The van der Waals surface area contributed by atoms with Crippen molar-refractivity contribution in [3.05, 3.63) is 69.2 Å². The van der Waals surface area contributed by atoms with Crippen molar-refractivity contribution in [2.24, 2.45) is 0 Å². The second-order valence-electron chi connectivity index (χ2n) is 5.92. The number of fused-ring (bicyclic) bond motifs is 1. The molecule has 9 nitrogen and oxygen atoms in total. The largest absolute Gasteiger partial charge is 0.484 e. The minimum absolute atomic E-state index is 0.151. The second kappa shape index (κ2) is 8.21. The van der Waals surface area contributed by atoms with Gasteiger partial charge < -0.3 is 15.4 Å². The van der Waals surface area contributed by atoms with Crippen LogP contribution >= 0.6 is 0 Å². The van der Waals surface area contributed by atoms with E-state index in [1.165, 1.54) is 13.1 Å². The molecule has 0 aliphatic carbocycles. The predicted octanol–water partition coefficient (Wildman–Crippen LogP) is 0.453. The monoisotopic (exact) mass is 382 g/mol. The number of H-pyrrole nitrogens is 1. The molecule has 0 unspecified atom stereocenters. The van der Waals surface area contributed by atoms with E-state index in [0.717, 1.165) is 4.68 Å². The highest BCUT2D eigenvalue weighted by atomic mass is 16.5. The van der Waals surface area contributed by atoms with Crippen LogP contribution in [-0.4, -0.2) is 35.2 Å². The van der Waals surface area contributed by atoms with Crippen LogP contribution in [-0.2, 0) is 16.1 Å². The number of carbonyl (C=O) groups is 2. The Hall–Kier alpha value is -3.88. The predicted molar refractivity (Wildman–Crippen MR) is 103 cm³/mol. The van der Waals surface area contributed by atoms with Crippen molar-refractivity contribution in [3.8, 4) is 5.75 Å². The van der Waals surface area contributed by atoms with Crippen LogP contribution in [0.4, 0.5) is 5.69 Å². The van der Waals surface area contributed by atoms with E-state index in [1.54, 1.807) is 42.5 Å². The van der Waals surface area contributed by atoms with E-state index in [9.17, 15) is 19.2 Å². The number of hydrogen-bond acceptors (Lipinski definition) is 5. The Labute approximate surface area is 158 Å². The molecule has 3 rings (SSSR count). The number of aromatic nitrogens is 2. The van der Waals surface area contributed by atoms with E-state index in [2.05, 4.69) is 15.7 Å². The number of ether oxygens (including phenoxy) is 1. The zero-order valence-electron chi connectivity index (χ0n) is 15.0. The van der Waals surface area contributed by atoms with E-state index in [0.29, 0.717) is 11.4 Å². The number of hydrogen-bond donors (Lipinski definition) is 3. The highest BCUT2D eigenvalue weighted by molar-refractivity contribution is 5.91. The van der Waals surface area contributed by atoms with Gasteiger partial charge in [-0.05, 0) is 24.3 Å². The quantitative estimate of drug-likeness (QED) is 0.571. The third-order valence-corrected chi connectivity index (χ3v) is 3.95. The highest BCUT2D eigenvalue weighted by Crippen LogP contribution is 2.17. The summed E-state index contributed by atoms with van der Waals surface area (Å²) >= 11 is 0. The van der Waals surface area contributed by atoms with Crippen LogP contribution in [0.15, 0.2) is 58.1 Å². The third-order valence-electron chi connectivity index (χ3n) is 3.95. The van der Waals surface area contributed by atoms with Crippen molar-refractivity contribution >= 4 is 28.3 Å². The molecular weight excluding hydrogens is 364 g/mol. The first-order valence-corrected chi connectivity index (χ1v) is 8.43. The summed E-state index contributed by atoms with van der Waals surface area (Å²) in [6.45, 7) is -0.510. The Morgan fingerprint density at radius 3 is 2.54 bits per heavy atom. The smallest absolute Gasteiger partial charge is 0.273 e. The first-order chi connectivity index (χ1) is 13.5. The second-order valence-corrected chi connectivity index (χ2v) is 5.92. The van der Waals surface area contributed by atoms with Crippen molar-refractivity contribution in [2.45, 2.75) is 6.54 Å². The standard InChI is InChI=1S/C19H18N4O5/c1-20-17(25)11-28-13-6-4-5-12(9-13)21-16(24)10-23-19(27)15-8-3-2-7-14(15)18(26)22-23/h2-9H,10-11H2,1H3,(H,20,25)(H,21,24)(H,22,26). The Kier molecular flexibility index (Phi) is 5.54. The third kappa shape index (κ3) is 4.26. The lowest BCUT2D eigenvalue weighted by Crippen LogP contribution is -2.34. The minimum atomic E-state index is -0.503. The molecule has 0 atom stereocenters. The van der Waals surface area contributed by atoms with Crippen molar-refractivity contribution in [1.82, 2.24) is 15.1 Å². The van der Waals surface area contributed by atoms with Crippen molar-refractivity contribution in [1.29, 1.82) is 0 Å².